The molecule has 1 unspecified atom stereocenters. The maximum atomic E-state index is 12.0. The highest BCUT2D eigenvalue weighted by molar-refractivity contribution is 5.94. The molecule has 106 valence electrons. The number of carbonyl (C=O) groups is 2. The predicted octanol–water partition coefficient (Wildman–Crippen LogP) is 2.39. The van der Waals surface area contributed by atoms with E-state index in [1.165, 1.54) is 0 Å². The number of aryl methyl sites for hydroxylation is 2. The van der Waals surface area contributed by atoms with Crippen molar-refractivity contribution in [1.82, 2.24) is 5.32 Å². The van der Waals surface area contributed by atoms with Gasteiger partial charge in [0, 0.05) is 6.42 Å². The number of aliphatic carboxylic acids is 1. The van der Waals surface area contributed by atoms with Gasteiger partial charge in [-0.2, -0.15) is 0 Å². The molecule has 1 aromatic rings. The number of carboxylic acid groups (broad SMARTS) is 1. The van der Waals surface area contributed by atoms with Gasteiger partial charge in [-0.25, -0.2) is 4.79 Å². The molecule has 0 aliphatic rings. The molecule has 0 aliphatic heterocycles. The number of furan rings is 1. The topological polar surface area (TPSA) is 79.5 Å². The Morgan fingerprint density at radius 1 is 1.32 bits per heavy atom. The molecule has 0 spiro atoms. The van der Waals surface area contributed by atoms with Gasteiger partial charge in [0.25, 0.3) is 5.91 Å². The van der Waals surface area contributed by atoms with Crippen LogP contribution in [0.25, 0.3) is 0 Å². The molecular formula is C14H21NO4. The van der Waals surface area contributed by atoms with Crippen molar-refractivity contribution in [3.8, 4) is 0 Å². The molecule has 0 aromatic carbocycles. The quantitative estimate of drug-likeness (QED) is 0.795. The van der Waals surface area contributed by atoms with Gasteiger partial charge in [-0.15, -0.1) is 0 Å². The fourth-order valence-electron chi connectivity index (χ4n) is 1.95. The highest BCUT2D eigenvalue weighted by atomic mass is 16.4. The van der Waals surface area contributed by atoms with Crippen molar-refractivity contribution >= 4 is 11.9 Å². The summed E-state index contributed by atoms with van der Waals surface area (Å²) in [5, 5.41) is 11.5. The van der Waals surface area contributed by atoms with Crippen LogP contribution in [0.5, 0.6) is 0 Å². The molecule has 5 nitrogen and oxygen atoms in total. The second-order valence-corrected chi connectivity index (χ2v) is 4.42. The van der Waals surface area contributed by atoms with Crippen molar-refractivity contribution in [2.45, 2.75) is 52.5 Å². The Kier molecular flexibility index (Phi) is 5.60. The minimum atomic E-state index is -1.02. The zero-order valence-corrected chi connectivity index (χ0v) is 11.7. The highest BCUT2D eigenvalue weighted by Crippen LogP contribution is 2.17. The second kappa shape index (κ2) is 6.97. The monoisotopic (exact) mass is 267 g/mol. The Hall–Kier alpha value is -1.78. The molecule has 0 radical (unpaired) electrons. The van der Waals surface area contributed by atoms with Crippen LogP contribution in [-0.4, -0.2) is 23.0 Å². The van der Waals surface area contributed by atoms with E-state index in [1.807, 2.05) is 20.8 Å². The van der Waals surface area contributed by atoms with E-state index in [-0.39, 0.29) is 5.76 Å². The van der Waals surface area contributed by atoms with Crippen LogP contribution in [0.2, 0.25) is 0 Å². The zero-order valence-electron chi connectivity index (χ0n) is 11.7. The van der Waals surface area contributed by atoms with Crippen LogP contribution < -0.4 is 5.32 Å². The minimum Gasteiger partial charge on any atom is -0.480 e. The summed E-state index contributed by atoms with van der Waals surface area (Å²) in [4.78, 5) is 23.0. The minimum absolute atomic E-state index is 0.191. The van der Waals surface area contributed by atoms with Gasteiger partial charge in [0.15, 0.2) is 5.76 Å². The normalized spacial score (nSPS) is 12.2. The number of carboxylic acids is 1. The Labute approximate surface area is 113 Å². The lowest BCUT2D eigenvalue weighted by Crippen LogP contribution is -2.40. The van der Waals surface area contributed by atoms with E-state index in [9.17, 15) is 9.59 Å². The van der Waals surface area contributed by atoms with Crippen LogP contribution >= 0.6 is 0 Å². The van der Waals surface area contributed by atoms with Crippen LogP contribution in [0.3, 0.4) is 0 Å². The number of hydrogen-bond donors (Lipinski definition) is 2. The van der Waals surface area contributed by atoms with Crippen molar-refractivity contribution in [3.05, 3.63) is 23.2 Å². The molecule has 1 aromatic heterocycles. The largest absolute Gasteiger partial charge is 0.480 e. The summed E-state index contributed by atoms with van der Waals surface area (Å²) in [6.45, 7) is 5.82. The molecule has 1 amide bonds. The Morgan fingerprint density at radius 2 is 2.00 bits per heavy atom. The average Bonchev–Trinajstić information content (AvgIpc) is 2.81. The number of carbonyl (C=O) groups excluding carboxylic acids is 1. The van der Waals surface area contributed by atoms with Crippen LogP contribution in [0.1, 0.15) is 55.5 Å². The number of hydrogen-bond acceptors (Lipinski definition) is 3. The molecule has 0 aliphatic carbocycles. The van der Waals surface area contributed by atoms with Crippen LogP contribution in [-0.2, 0) is 17.6 Å². The molecule has 0 saturated carbocycles. The molecule has 1 heterocycles. The molecule has 1 rings (SSSR count). The summed E-state index contributed by atoms with van der Waals surface area (Å²) < 4.78 is 5.47. The zero-order chi connectivity index (χ0) is 14.4. The summed E-state index contributed by atoms with van der Waals surface area (Å²) in [5.41, 5.74) is 0.995. The smallest absolute Gasteiger partial charge is 0.326 e. The maximum Gasteiger partial charge on any atom is 0.326 e. The van der Waals surface area contributed by atoms with E-state index in [4.69, 9.17) is 9.52 Å². The van der Waals surface area contributed by atoms with Crippen LogP contribution in [0.4, 0.5) is 0 Å². The van der Waals surface area contributed by atoms with Crippen molar-refractivity contribution in [3.63, 3.8) is 0 Å². The maximum absolute atomic E-state index is 12.0. The first-order valence-electron chi connectivity index (χ1n) is 6.68. The first-order valence-corrected chi connectivity index (χ1v) is 6.68. The van der Waals surface area contributed by atoms with E-state index >= 15 is 0 Å². The van der Waals surface area contributed by atoms with Crippen molar-refractivity contribution in [1.29, 1.82) is 0 Å². The Balaban J connectivity index is 2.82. The summed E-state index contributed by atoms with van der Waals surface area (Å²) in [5.74, 6) is -0.505. The lowest BCUT2D eigenvalue weighted by Gasteiger charge is -2.12. The average molecular weight is 267 g/mol. The predicted molar refractivity (Wildman–Crippen MR) is 71.3 cm³/mol. The van der Waals surface area contributed by atoms with Gasteiger partial charge in [-0.3, -0.25) is 4.79 Å². The van der Waals surface area contributed by atoms with Crippen molar-refractivity contribution in [2.24, 2.45) is 0 Å². The molecular weight excluding hydrogens is 246 g/mol. The summed E-state index contributed by atoms with van der Waals surface area (Å²) >= 11 is 0. The molecule has 1 atom stereocenters. The summed E-state index contributed by atoms with van der Waals surface area (Å²) in [6, 6.07) is 0.830. The van der Waals surface area contributed by atoms with Gasteiger partial charge in [0.05, 0.1) is 0 Å². The third kappa shape index (κ3) is 3.84. The SMILES string of the molecule is CCCC(NC(=O)c1cc(CC)c(CC)o1)C(=O)O. The van der Waals surface area contributed by atoms with Gasteiger partial charge in [0.2, 0.25) is 0 Å². The number of nitrogens with one attached hydrogen (secondary N) is 1. The number of rotatable bonds is 7. The molecule has 0 bridgehead atoms. The van der Waals surface area contributed by atoms with Gasteiger partial charge >= 0.3 is 5.97 Å². The standard InChI is InChI=1S/C14H21NO4/c1-4-7-10(14(17)18)15-13(16)12-8-9(5-2)11(6-3)19-12/h8,10H,4-7H2,1-3H3,(H,15,16)(H,17,18). The van der Waals surface area contributed by atoms with Gasteiger partial charge in [0.1, 0.15) is 11.8 Å². The van der Waals surface area contributed by atoms with E-state index < -0.39 is 17.9 Å². The molecule has 19 heavy (non-hydrogen) atoms. The van der Waals surface area contributed by atoms with Gasteiger partial charge in [-0.1, -0.05) is 27.2 Å². The van der Waals surface area contributed by atoms with E-state index in [0.29, 0.717) is 19.3 Å². The molecule has 0 saturated heterocycles. The summed E-state index contributed by atoms with van der Waals surface area (Å²) in [6.07, 6.45) is 2.60. The van der Waals surface area contributed by atoms with E-state index in [0.717, 1.165) is 17.7 Å². The Bertz CT molecular complexity index is 429. The van der Waals surface area contributed by atoms with Gasteiger partial charge < -0.3 is 14.8 Å². The molecule has 0 fully saturated rings. The lowest BCUT2D eigenvalue weighted by molar-refractivity contribution is -0.139. The first kappa shape index (κ1) is 15.3. The van der Waals surface area contributed by atoms with Crippen LogP contribution in [0, 0.1) is 0 Å². The summed E-state index contributed by atoms with van der Waals surface area (Å²) in [7, 11) is 0. The third-order valence-corrected chi connectivity index (χ3v) is 3.00. The lowest BCUT2D eigenvalue weighted by atomic mass is 10.1. The van der Waals surface area contributed by atoms with E-state index in [2.05, 4.69) is 5.32 Å². The number of amides is 1. The second-order valence-electron chi connectivity index (χ2n) is 4.42. The molecule has 2 N–H and O–H groups in total. The van der Waals surface area contributed by atoms with Crippen molar-refractivity contribution in [2.75, 3.05) is 0 Å². The van der Waals surface area contributed by atoms with Crippen LogP contribution in [0.15, 0.2) is 10.5 Å². The first-order chi connectivity index (χ1) is 9.03. The highest BCUT2D eigenvalue weighted by Gasteiger charge is 2.22. The van der Waals surface area contributed by atoms with Gasteiger partial charge in [-0.05, 0) is 24.5 Å². The fraction of sp³-hybridized carbons (Fsp3) is 0.571. The fourth-order valence-corrected chi connectivity index (χ4v) is 1.95. The Morgan fingerprint density at radius 3 is 2.42 bits per heavy atom. The van der Waals surface area contributed by atoms with Crippen molar-refractivity contribution < 1.29 is 19.1 Å². The molecule has 5 heteroatoms. The third-order valence-electron chi connectivity index (χ3n) is 3.00. The van der Waals surface area contributed by atoms with E-state index in [1.54, 1.807) is 6.07 Å².